The van der Waals surface area contributed by atoms with E-state index in [4.69, 9.17) is 23.2 Å². The van der Waals surface area contributed by atoms with Crippen LogP contribution in [0.2, 0.25) is 10.0 Å². The van der Waals surface area contributed by atoms with Crippen LogP contribution in [0, 0.1) is 0 Å². The van der Waals surface area contributed by atoms with Crippen LogP contribution >= 0.6 is 23.2 Å². The van der Waals surface area contributed by atoms with Gasteiger partial charge >= 0.3 is 0 Å². The van der Waals surface area contributed by atoms with Gasteiger partial charge in [-0.05, 0) is 51.4 Å². The lowest BCUT2D eigenvalue weighted by Gasteiger charge is -2.20. The van der Waals surface area contributed by atoms with Crippen molar-refractivity contribution in [3.05, 3.63) is 33.8 Å². The molecule has 0 aliphatic carbocycles. The van der Waals surface area contributed by atoms with Crippen molar-refractivity contribution < 1.29 is 0 Å². The van der Waals surface area contributed by atoms with Crippen LogP contribution in [0.3, 0.4) is 0 Å². The molecule has 0 amide bonds. The molecule has 1 aromatic carbocycles. The Labute approximate surface area is 102 Å². The van der Waals surface area contributed by atoms with Crippen molar-refractivity contribution in [2.24, 2.45) is 0 Å². The molecule has 0 aliphatic rings. The molecule has 1 nitrogen and oxygen atoms in total. The molecule has 3 heteroatoms. The fraction of sp³-hybridized carbons (Fsp3) is 0.500. The highest BCUT2D eigenvalue weighted by Gasteiger charge is 2.08. The summed E-state index contributed by atoms with van der Waals surface area (Å²) in [7, 11) is 0. The first-order valence-corrected chi connectivity index (χ1v) is 5.83. The Morgan fingerprint density at radius 2 is 1.87 bits per heavy atom. The van der Waals surface area contributed by atoms with Gasteiger partial charge in [0.25, 0.3) is 0 Å². The highest BCUT2D eigenvalue weighted by Crippen LogP contribution is 2.21. The summed E-state index contributed by atoms with van der Waals surface area (Å²) < 4.78 is 0. The van der Waals surface area contributed by atoms with Crippen LogP contribution in [0.5, 0.6) is 0 Å². The molecule has 84 valence electrons. The van der Waals surface area contributed by atoms with Gasteiger partial charge in [0.1, 0.15) is 0 Å². The topological polar surface area (TPSA) is 12.0 Å². The molecule has 0 aromatic heterocycles. The molecule has 1 N–H and O–H groups in total. The molecule has 0 fully saturated rings. The highest BCUT2D eigenvalue weighted by atomic mass is 35.5. The van der Waals surface area contributed by atoms with Gasteiger partial charge in [0.2, 0.25) is 0 Å². The van der Waals surface area contributed by atoms with Gasteiger partial charge in [-0.1, -0.05) is 29.3 Å². The summed E-state index contributed by atoms with van der Waals surface area (Å²) >= 11 is 11.9. The minimum absolute atomic E-state index is 0.152. The smallest absolute Gasteiger partial charge is 0.0453 e. The summed E-state index contributed by atoms with van der Waals surface area (Å²) in [6.45, 7) is 7.37. The lowest BCUT2D eigenvalue weighted by molar-refractivity contribution is 0.429. The summed E-state index contributed by atoms with van der Waals surface area (Å²) in [5.74, 6) is 0. The zero-order chi connectivity index (χ0) is 11.5. The molecule has 0 aliphatic heterocycles. The molecule has 0 radical (unpaired) electrons. The van der Waals surface area contributed by atoms with Crippen LogP contribution in [0.25, 0.3) is 0 Å². The van der Waals surface area contributed by atoms with E-state index >= 15 is 0 Å². The molecule has 0 heterocycles. The van der Waals surface area contributed by atoms with Gasteiger partial charge in [-0.2, -0.15) is 0 Å². The monoisotopic (exact) mass is 245 g/mol. The molecule has 1 rings (SSSR count). The average Bonchev–Trinajstić information content (AvgIpc) is 2.07. The zero-order valence-corrected chi connectivity index (χ0v) is 10.9. The Kier molecular flexibility index (Phi) is 4.45. The van der Waals surface area contributed by atoms with Crippen LogP contribution < -0.4 is 5.32 Å². The largest absolute Gasteiger partial charge is 0.312 e. The van der Waals surface area contributed by atoms with Crippen molar-refractivity contribution in [1.29, 1.82) is 0 Å². The normalized spacial score (nSPS) is 11.8. The first kappa shape index (κ1) is 12.8. The third-order valence-corrected chi connectivity index (χ3v) is 2.65. The fourth-order valence-electron chi connectivity index (χ4n) is 1.30. The molecule has 0 saturated heterocycles. The predicted octanol–water partition coefficient (Wildman–Crippen LogP) is 3.92. The molecule has 0 bridgehead atoms. The van der Waals surface area contributed by atoms with Gasteiger partial charge in [-0.3, -0.25) is 0 Å². The maximum atomic E-state index is 6.07. The highest BCUT2D eigenvalue weighted by molar-refractivity contribution is 6.35. The maximum absolute atomic E-state index is 6.07. The Morgan fingerprint density at radius 1 is 1.20 bits per heavy atom. The lowest BCUT2D eigenvalue weighted by Crippen LogP contribution is -2.37. The number of hydrogen-bond donors (Lipinski definition) is 1. The molecule has 0 spiro atoms. The van der Waals surface area contributed by atoms with E-state index in [-0.39, 0.29) is 5.54 Å². The zero-order valence-electron chi connectivity index (χ0n) is 9.40. The lowest BCUT2D eigenvalue weighted by atomic mass is 10.1. The SMILES string of the molecule is CC(C)(C)NCCc1ccc(Cl)cc1Cl. The van der Waals surface area contributed by atoms with Gasteiger partial charge < -0.3 is 5.32 Å². The van der Waals surface area contributed by atoms with Crippen LogP contribution in [-0.4, -0.2) is 12.1 Å². The Bertz CT molecular complexity index is 329. The standard InChI is InChI=1S/C12H17Cl2N/c1-12(2,3)15-7-6-9-4-5-10(13)8-11(9)14/h4-5,8,15H,6-7H2,1-3H3. The summed E-state index contributed by atoms with van der Waals surface area (Å²) in [6.07, 6.45) is 0.924. The van der Waals surface area contributed by atoms with E-state index in [0.29, 0.717) is 5.02 Å². The predicted molar refractivity (Wildman–Crippen MR) is 67.9 cm³/mol. The van der Waals surface area contributed by atoms with E-state index in [1.54, 1.807) is 6.07 Å². The quantitative estimate of drug-likeness (QED) is 0.852. The van der Waals surface area contributed by atoms with Crippen molar-refractivity contribution >= 4 is 23.2 Å². The number of hydrogen-bond acceptors (Lipinski definition) is 1. The number of benzene rings is 1. The molecule has 0 atom stereocenters. The first-order chi connectivity index (χ1) is 6.88. The van der Waals surface area contributed by atoms with E-state index in [0.717, 1.165) is 23.6 Å². The maximum Gasteiger partial charge on any atom is 0.0453 e. The van der Waals surface area contributed by atoms with Gasteiger partial charge in [-0.25, -0.2) is 0 Å². The second-order valence-corrected chi connectivity index (χ2v) is 5.51. The molecule has 0 unspecified atom stereocenters. The molecule has 0 saturated carbocycles. The summed E-state index contributed by atoms with van der Waals surface area (Å²) in [4.78, 5) is 0. The molecular formula is C12H17Cl2N. The van der Waals surface area contributed by atoms with Crippen molar-refractivity contribution in [1.82, 2.24) is 5.32 Å². The van der Waals surface area contributed by atoms with E-state index in [9.17, 15) is 0 Å². The van der Waals surface area contributed by atoms with Gasteiger partial charge in [-0.15, -0.1) is 0 Å². The van der Waals surface area contributed by atoms with Gasteiger partial charge in [0.15, 0.2) is 0 Å². The van der Waals surface area contributed by atoms with Crippen LogP contribution in [0.15, 0.2) is 18.2 Å². The number of nitrogens with one attached hydrogen (secondary N) is 1. The van der Waals surface area contributed by atoms with E-state index < -0.39 is 0 Å². The molecule has 15 heavy (non-hydrogen) atoms. The van der Waals surface area contributed by atoms with Crippen molar-refractivity contribution in [2.45, 2.75) is 32.7 Å². The Hall–Kier alpha value is -0.240. The van der Waals surface area contributed by atoms with Gasteiger partial charge in [0, 0.05) is 15.6 Å². The first-order valence-electron chi connectivity index (χ1n) is 5.07. The van der Waals surface area contributed by atoms with Crippen LogP contribution in [0.4, 0.5) is 0 Å². The summed E-state index contributed by atoms with van der Waals surface area (Å²) in [6, 6.07) is 5.64. The minimum atomic E-state index is 0.152. The average molecular weight is 246 g/mol. The number of rotatable bonds is 3. The van der Waals surface area contributed by atoms with Crippen molar-refractivity contribution in [2.75, 3.05) is 6.54 Å². The summed E-state index contributed by atoms with van der Waals surface area (Å²) in [5.41, 5.74) is 1.29. The van der Waals surface area contributed by atoms with Crippen LogP contribution in [0.1, 0.15) is 26.3 Å². The van der Waals surface area contributed by atoms with E-state index in [1.165, 1.54) is 0 Å². The van der Waals surface area contributed by atoms with E-state index in [1.807, 2.05) is 12.1 Å². The molecule has 1 aromatic rings. The number of halogens is 2. The third kappa shape index (κ3) is 4.87. The summed E-state index contributed by atoms with van der Waals surface area (Å²) in [5, 5.41) is 4.86. The van der Waals surface area contributed by atoms with E-state index in [2.05, 4.69) is 26.1 Å². The van der Waals surface area contributed by atoms with Crippen molar-refractivity contribution in [3.63, 3.8) is 0 Å². The third-order valence-electron chi connectivity index (χ3n) is 2.06. The van der Waals surface area contributed by atoms with Crippen molar-refractivity contribution in [3.8, 4) is 0 Å². The molecular weight excluding hydrogens is 229 g/mol. The van der Waals surface area contributed by atoms with Gasteiger partial charge in [0.05, 0.1) is 0 Å². The minimum Gasteiger partial charge on any atom is -0.312 e. The Morgan fingerprint density at radius 3 is 2.40 bits per heavy atom. The fourth-order valence-corrected chi connectivity index (χ4v) is 1.80. The second-order valence-electron chi connectivity index (χ2n) is 4.66. The van der Waals surface area contributed by atoms with Crippen LogP contribution in [-0.2, 0) is 6.42 Å². The second kappa shape index (κ2) is 5.20. The Balaban J connectivity index is 2.51.